The third-order valence-corrected chi connectivity index (χ3v) is 6.54. The number of carbonyl (C=O) groups is 1. The third-order valence-electron chi connectivity index (χ3n) is 4.71. The molecule has 0 aliphatic carbocycles. The largest absolute Gasteiger partial charge is 0.342 e. The molecule has 1 fully saturated rings. The van der Waals surface area contributed by atoms with Crippen LogP contribution in [0.3, 0.4) is 0 Å². The minimum absolute atomic E-state index is 0.189. The SMILES string of the molecule is CC(NC(=O)c1ccc(SN2CCCC2)c(Cl)c1)c1nc2ccc(Cl)cc2[nH]1. The second-order valence-electron chi connectivity index (χ2n) is 6.85. The number of fused-ring (bicyclic) bond motifs is 1. The van der Waals surface area contributed by atoms with Crippen LogP contribution in [0.25, 0.3) is 11.0 Å². The quantitative estimate of drug-likeness (QED) is 0.523. The monoisotopic (exact) mass is 434 g/mol. The molecule has 1 amide bonds. The lowest BCUT2D eigenvalue weighted by atomic mass is 10.2. The zero-order valence-electron chi connectivity index (χ0n) is 15.3. The van der Waals surface area contributed by atoms with Crippen molar-refractivity contribution < 1.29 is 4.79 Å². The van der Waals surface area contributed by atoms with Crippen LogP contribution in [0.15, 0.2) is 41.3 Å². The standard InChI is InChI=1S/C20H20Cl2N4OS/c1-12(19-24-16-6-5-14(21)11-17(16)25-19)23-20(27)13-4-7-18(15(22)10-13)28-26-8-2-3-9-26/h4-7,10-12H,2-3,8-9H2,1H3,(H,23,27)(H,24,25). The molecule has 1 unspecified atom stereocenters. The highest BCUT2D eigenvalue weighted by Gasteiger charge is 2.18. The van der Waals surface area contributed by atoms with Crippen LogP contribution in [0.5, 0.6) is 0 Å². The number of nitrogens with one attached hydrogen (secondary N) is 2. The molecule has 2 aromatic carbocycles. The molecule has 0 bridgehead atoms. The van der Waals surface area contributed by atoms with Crippen LogP contribution >= 0.6 is 35.1 Å². The summed E-state index contributed by atoms with van der Waals surface area (Å²) in [4.78, 5) is 21.4. The van der Waals surface area contributed by atoms with E-state index in [1.165, 1.54) is 12.8 Å². The second kappa shape index (κ2) is 8.33. The van der Waals surface area contributed by atoms with Crippen LogP contribution in [0, 0.1) is 0 Å². The van der Waals surface area contributed by atoms with Gasteiger partial charge in [0.1, 0.15) is 5.82 Å². The molecule has 2 heterocycles. The summed E-state index contributed by atoms with van der Waals surface area (Å²) in [5.74, 6) is 0.489. The van der Waals surface area contributed by atoms with Gasteiger partial charge in [0.05, 0.1) is 22.1 Å². The molecule has 0 spiro atoms. The Balaban J connectivity index is 1.45. The van der Waals surface area contributed by atoms with Crippen LogP contribution in [0.1, 0.15) is 42.0 Å². The highest BCUT2D eigenvalue weighted by atomic mass is 35.5. The zero-order valence-corrected chi connectivity index (χ0v) is 17.7. The average Bonchev–Trinajstić information content (AvgIpc) is 3.32. The number of nitrogens with zero attached hydrogens (tertiary/aromatic N) is 2. The van der Waals surface area contributed by atoms with E-state index in [-0.39, 0.29) is 11.9 Å². The van der Waals surface area contributed by atoms with E-state index in [0.29, 0.717) is 21.4 Å². The van der Waals surface area contributed by atoms with Gasteiger partial charge in [-0.1, -0.05) is 23.2 Å². The summed E-state index contributed by atoms with van der Waals surface area (Å²) in [6, 6.07) is 10.6. The van der Waals surface area contributed by atoms with Gasteiger partial charge in [0.25, 0.3) is 5.91 Å². The van der Waals surface area contributed by atoms with E-state index in [1.807, 2.05) is 31.2 Å². The molecule has 146 valence electrons. The summed E-state index contributed by atoms with van der Waals surface area (Å²) in [7, 11) is 0. The molecule has 0 saturated carbocycles. The number of halogens is 2. The van der Waals surface area contributed by atoms with Gasteiger partial charge in [-0.25, -0.2) is 9.29 Å². The van der Waals surface area contributed by atoms with Crippen molar-refractivity contribution in [1.29, 1.82) is 0 Å². The minimum atomic E-state index is -0.281. The number of hydrogen-bond donors (Lipinski definition) is 2. The summed E-state index contributed by atoms with van der Waals surface area (Å²) in [5, 5.41) is 4.20. The maximum Gasteiger partial charge on any atom is 0.251 e. The van der Waals surface area contributed by atoms with E-state index in [1.54, 1.807) is 24.1 Å². The number of imidazole rings is 1. The van der Waals surface area contributed by atoms with E-state index < -0.39 is 0 Å². The maximum atomic E-state index is 12.7. The predicted molar refractivity (Wildman–Crippen MR) is 115 cm³/mol. The Morgan fingerprint density at radius 1 is 1.21 bits per heavy atom. The molecular weight excluding hydrogens is 415 g/mol. The van der Waals surface area contributed by atoms with Crippen LogP contribution in [0.4, 0.5) is 0 Å². The van der Waals surface area contributed by atoms with Crippen molar-refractivity contribution in [2.75, 3.05) is 13.1 Å². The lowest BCUT2D eigenvalue weighted by Crippen LogP contribution is -2.27. The highest BCUT2D eigenvalue weighted by molar-refractivity contribution is 7.97. The van der Waals surface area contributed by atoms with Gasteiger partial charge in [0.2, 0.25) is 0 Å². The fourth-order valence-corrected chi connectivity index (χ4v) is 4.64. The van der Waals surface area contributed by atoms with Gasteiger partial charge in [-0.3, -0.25) is 4.79 Å². The van der Waals surface area contributed by atoms with Gasteiger partial charge in [-0.05, 0) is 68.1 Å². The Labute approximate surface area is 177 Å². The maximum absolute atomic E-state index is 12.7. The summed E-state index contributed by atoms with van der Waals surface area (Å²) < 4.78 is 2.30. The molecule has 28 heavy (non-hydrogen) atoms. The molecule has 4 rings (SSSR count). The average molecular weight is 435 g/mol. The van der Waals surface area contributed by atoms with Crippen molar-refractivity contribution in [2.24, 2.45) is 0 Å². The topological polar surface area (TPSA) is 61.0 Å². The predicted octanol–water partition coefficient (Wildman–Crippen LogP) is 5.46. The Kier molecular flexibility index (Phi) is 5.83. The fourth-order valence-electron chi connectivity index (χ4n) is 3.19. The first-order chi connectivity index (χ1) is 13.5. The van der Waals surface area contributed by atoms with Gasteiger partial charge in [-0.15, -0.1) is 0 Å². The molecule has 1 saturated heterocycles. The smallest absolute Gasteiger partial charge is 0.251 e. The summed E-state index contributed by atoms with van der Waals surface area (Å²) in [6.45, 7) is 4.03. The normalized spacial score (nSPS) is 15.8. The van der Waals surface area contributed by atoms with Crippen molar-refractivity contribution in [1.82, 2.24) is 19.6 Å². The minimum Gasteiger partial charge on any atom is -0.342 e. The van der Waals surface area contributed by atoms with Crippen molar-refractivity contribution in [3.05, 3.63) is 57.8 Å². The first-order valence-electron chi connectivity index (χ1n) is 9.18. The van der Waals surface area contributed by atoms with E-state index in [9.17, 15) is 4.79 Å². The lowest BCUT2D eigenvalue weighted by molar-refractivity contribution is 0.0938. The molecule has 1 aliphatic rings. The van der Waals surface area contributed by atoms with Gasteiger partial charge in [0.15, 0.2) is 0 Å². The molecule has 1 aliphatic heterocycles. The number of hydrogen-bond acceptors (Lipinski definition) is 4. The Morgan fingerprint density at radius 3 is 2.75 bits per heavy atom. The first kappa shape index (κ1) is 19.6. The summed E-state index contributed by atoms with van der Waals surface area (Å²) >= 11 is 14.1. The number of rotatable bonds is 5. The van der Waals surface area contributed by atoms with Gasteiger partial charge < -0.3 is 10.3 Å². The highest BCUT2D eigenvalue weighted by Crippen LogP contribution is 2.32. The zero-order chi connectivity index (χ0) is 19.7. The van der Waals surface area contributed by atoms with E-state index in [4.69, 9.17) is 23.2 Å². The summed E-state index contributed by atoms with van der Waals surface area (Å²) in [6.07, 6.45) is 2.44. The number of benzene rings is 2. The molecule has 8 heteroatoms. The first-order valence-corrected chi connectivity index (χ1v) is 10.7. The summed E-state index contributed by atoms with van der Waals surface area (Å²) in [5.41, 5.74) is 2.18. The van der Waals surface area contributed by atoms with Crippen LogP contribution in [-0.2, 0) is 0 Å². The van der Waals surface area contributed by atoms with Crippen molar-refractivity contribution in [2.45, 2.75) is 30.7 Å². The Bertz CT molecular complexity index is 1020. The fraction of sp³-hybridized carbons (Fsp3) is 0.300. The number of aromatic nitrogens is 2. The molecule has 3 aromatic rings. The van der Waals surface area contributed by atoms with Gasteiger partial charge in [-0.2, -0.15) is 0 Å². The van der Waals surface area contributed by atoms with Crippen molar-refractivity contribution in [3.63, 3.8) is 0 Å². The third kappa shape index (κ3) is 4.30. The van der Waals surface area contributed by atoms with Crippen LogP contribution < -0.4 is 5.32 Å². The van der Waals surface area contributed by atoms with E-state index in [0.717, 1.165) is 29.0 Å². The Hall–Kier alpha value is -1.73. The lowest BCUT2D eigenvalue weighted by Gasteiger charge is -2.15. The van der Waals surface area contributed by atoms with E-state index in [2.05, 4.69) is 19.6 Å². The van der Waals surface area contributed by atoms with Crippen LogP contribution in [-0.4, -0.2) is 33.3 Å². The molecule has 2 N–H and O–H groups in total. The van der Waals surface area contributed by atoms with E-state index >= 15 is 0 Å². The molecular formula is C20H20Cl2N4OS. The van der Waals surface area contributed by atoms with Crippen molar-refractivity contribution in [3.8, 4) is 0 Å². The molecule has 5 nitrogen and oxygen atoms in total. The number of H-pyrrole nitrogens is 1. The Morgan fingerprint density at radius 2 is 2.00 bits per heavy atom. The molecule has 1 atom stereocenters. The van der Waals surface area contributed by atoms with Gasteiger partial charge in [0, 0.05) is 28.6 Å². The number of amides is 1. The van der Waals surface area contributed by atoms with Gasteiger partial charge >= 0.3 is 0 Å². The van der Waals surface area contributed by atoms with Crippen LogP contribution in [0.2, 0.25) is 10.0 Å². The number of carbonyl (C=O) groups excluding carboxylic acids is 1. The molecule has 0 radical (unpaired) electrons. The van der Waals surface area contributed by atoms with Crippen molar-refractivity contribution >= 4 is 52.1 Å². The number of aromatic amines is 1. The molecule has 1 aromatic heterocycles. The second-order valence-corrected chi connectivity index (χ2v) is 8.83.